The first-order valence-corrected chi connectivity index (χ1v) is 6.86. The minimum Gasteiger partial charge on any atom is -0.376 e. The summed E-state index contributed by atoms with van der Waals surface area (Å²) in [6.45, 7) is 10.1. The van der Waals surface area contributed by atoms with E-state index < -0.39 is 0 Å². The number of carbonyl (C=O) groups is 1. The van der Waals surface area contributed by atoms with Gasteiger partial charge in [-0.2, -0.15) is 0 Å². The molecule has 1 amide bonds. The Bertz CT molecular complexity index is 293. The van der Waals surface area contributed by atoms with E-state index in [1.807, 2.05) is 13.8 Å². The van der Waals surface area contributed by atoms with Gasteiger partial charge in [0.25, 0.3) is 0 Å². The Morgan fingerprint density at radius 1 is 1.29 bits per heavy atom. The molecule has 1 aliphatic heterocycles. The second-order valence-corrected chi connectivity index (χ2v) is 6.38. The zero-order valence-electron chi connectivity index (χ0n) is 11.5. The van der Waals surface area contributed by atoms with Crippen molar-refractivity contribution in [3.8, 4) is 0 Å². The van der Waals surface area contributed by atoms with E-state index in [-0.39, 0.29) is 5.92 Å². The van der Waals surface area contributed by atoms with Gasteiger partial charge in [0.1, 0.15) is 0 Å². The van der Waals surface area contributed by atoms with Gasteiger partial charge in [-0.15, -0.1) is 0 Å². The Morgan fingerprint density at radius 3 is 2.47 bits per heavy atom. The van der Waals surface area contributed by atoms with Crippen molar-refractivity contribution in [1.82, 2.24) is 4.90 Å². The Kier molecular flexibility index (Phi) is 3.48. The van der Waals surface area contributed by atoms with Crippen LogP contribution in [0.3, 0.4) is 0 Å². The molecule has 0 aromatic rings. The molecule has 2 fully saturated rings. The van der Waals surface area contributed by atoms with E-state index in [2.05, 4.69) is 18.7 Å². The molecule has 0 N–H and O–H groups in total. The van der Waals surface area contributed by atoms with Crippen molar-refractivity contribution in [2.75, 3.05) is 13.1 Å². The van der Waals surface area contributed by atoms with Crippen molar-refractivity contribution >= 4 is 5.91 Å². The molecule has 1 spiro atoms. The molecular weight excluding hydrogens is 214 g/mol. The fourth-order valence-corrected chi connectivity index (χ4v) is 3.21. The van der Waals surface area contributed by atoms with Crippen LogP contribution in [0.2, 0.25) is 0 Å². The number of hydrogen-bond acceptors (Lipinski definition) is 2. The third-order valence-corrected chi connectivity index (χ3v) is 4.03. The number of carbonyl (C=O) groups excluding carboxylic acids is 1. The third-order valence-electron chi connectivity index (χ3n) is 4.03. The average molecular weight is 239 g/mol. The molecule has 17 heavy (non-hydrogen) atoms. The normalized spacial score (nSPS) is 32.6. The van der Waals surface area contributed by atoms with Crippen LogP contribution >= 0.6 is 0 Å². The first-order valence-electron chi connectivity index (χ1n) is 6.86. The molecule has 1 saturated heterocycles. The predicted molar refractivity (Wildman–Crippen MR) is 67.7 cm³/mol. The van der Waals surface area contributed by atoms with Gasteiger partial charge in [0.05, 0.1) is 12.2 Å². The lowest BCUT2D eigenvalue weighted by Crippen LogP contribution is -2.46. The van der Waals surface area contributed by atoms with Gasteiger partial charge in [-0.05, 0) is 38.5 Å². The lowest BCUT2D eigenvalue weighted by molar-refractivity contribution is -0.136. The largest absolute Gasteiger partial charge is 0.376 e. The van der Waals surface area contributed by atoms with Gasteiger partial charge < -0.3 is 9.64 Å². The van der Waals surface area contributed by atoms with Crippen LogP contribution in [0.15, 0.2) is 0 Å². The van der Waals surface area contributed by atoms with E-state index in [1.54, 1.807) is 0 Å². The summed E-state index contributed by atoms with van der Waals surface area (Å²) in [6.07, 6.45) is 4.22. The molecule has 0 aromatic carbocycles. The van der Waals surface area contributed by atoms with Crippen LogP contribution < -0.4 is 0 Å². The van der Waals surface area contributed by atoms with Crippen LogP contribution in [-0.4, -0.2) is 36.1 Å². The Labute approximate surface area is 105 Å². The van der Waals surface area contributed by atoms with Crippen molar-refractivity contribution < 1.29 is 9.53 Å². The lowest BCUT2D eigenvalue weighted by atomic mass is 9.66. The number of nitrogens with zero attached hydrogens (tertiary/aromatic N) is 1. The Balaban J connectivity index is 1.82. The van der Waals surface area contributed by atoms with Gasteiger partial charge in [0.15, 0.2) is 0 Å². The van der Waals surface area contributed by atoms with Crippen molar-refractivity contribution in [2.24, 2.45) is 11.3 Å². The number of ether oxygens (including phenoxy) is 1. The van der Waals surface area contributed by atoms with Crippen molar-refractivity contribution in [3.63, 3.8) is 0 Å². The number of likely N-dealkylation sites (tertiary alicyclic amines) is 1. The highest BCUT2D eigenvalue weighted by molar-refractivity contribution is 5.78. The summed E-state index contributed by atoms with van der Waals surface area (Å²) in [5.41, 5.74) is 0.393. The zero-order chi connectivity index (χ0) is 12.6. The molecular formula is C14H25NO2. The van der Waals surface area contributed by atoms with Crippen LogP contribution in [0.25, 0.3) is 0 Å². The zero-order valence-corrected chi connectivity index (χ0v) is 11.5. The molecule has 0 unspecified atom stereocenters. The SMILES string of the molecule is CC(C)OC1CC2(CCN(C(=O)C(C)C)C2)C1. The number of amides is 1. The van der Waals surface area contributed by atoms with Gasteiger partial charge in [-0.25, -0.2) is 0 Å². The molecule has 0 bridgehead atoms. The highest BCUT2D eigenvalue weighted by Crippen LogP contribution is 2.49. The molecule has 0 atom stereocenters. The fourth-order valence-electron chi connectivity index (χ4n) is 3.21. The second kappa shape index (κ2) is 4.60. The van der Waals surface area contributed by atoms with Gasteiger partial charge in [-0.3, -0.25) is 4.79 Å². The highest BCUT2D eigenvalue weighted by atomic mass is 16.5. The van der Waals surface area contributed by atoms with E-state index in [1.165, 1.54) is 6.42 Å². The smallest absolute Gasteiger partial charge is 0.225 e. The van der Waals surface area contributed by atoms with Gasteiger partial charge in [0, 0.05) is 19.0 Å². The second-order valence-electron chi connectivity index (χ2n) is 6.38. The lowest BCUT2D eigenvalue weighted by Gasteiger charge is -2.45. The molecule has 1 heterocycles. The number of rotatable bonds is 3. The van der Waals surface area contributed by atoms with E-state index in [9.17, 15) is 4.79 Å². The summed E-state index contributed by atoms with van der Waals surface area (Å²) >= 11 is 0. The first-order chi connectivity index (χ1) is 7.92. The monoisotopic (exact) mass is 239 g/mol. The van der Waals surface area contributed by atoms with E-state index >= 15 is 0 Å². The van der Waals surface area contributed by atoms with Crippen LogP contribution in [-0.2, 0) is 9.53 Å². The molecule has 1 saturated carbocycles. The molecule has 0 radical (unpaired) electrons. The Morgan fingerprint density at radius 2 is 1.94 bits per heavy atom. The standard InChI is InChI=1S/C14H25NO2/c1-10(2)13(16)15-6-5-14(9-15)7-12(8-14)17-11(3)4/h10-12H,5-9H2,1-4H3. The summed E-state index contributed by atoms with van der Waals surface area (Å²) < 4.78 is 5.81. The Hall–Kier alpha value is -0.570. The van der Waals surface area contributed by atoms with Crippen LogP contribution in [0.1, 0.15) is 47.0 Å². The van der Waals surface area contributed by atoms with Crippen LogP contribution in [0.5, 0.6) is 0 Å². The molecule has 1 aliphatic carbocycles. The quantitative estimate of drug-likeness (QED) is 0.757. The molecule has 2 rings (SSSR count). The van der Waals surface area contributed by atoms with Crippen molar-refractivity contribution in [3.05, 3.63) is 0 Å². The van der Waals surface area contributed by atoms with Gasteiger partial charge >= 0.3 is 0 Å². The van der Waals surface area contributed by atoms with Crippen molar-refractivity contribution in [1.29, 1.82) is 0 Å². The maximum absolute atomic E-state index is 11.9. The molecule has 98 valence electrons. The minimum absolute atomic E-state index is 0.132. The summed E-state index contributed by atoms with van der Waals surface area (Å²) in [7, 11) is 0. The molecule has 3 nitrogen and oxygen atoms in total. The molecule has 0 aromatic heterocycles. The topological polar surface area (TPSA) is 29.5 Å². The van der Waals surface area contributed by atoms with E-state index in [0.717, 1.165) is 25.9 Å². The summed E-state index contributed by atoms with van der Waals surface area (Å²) in [6, 6.07) is 0. The predicted octanol–water partition coefficient (Wildman–Crippen LogP) is 2.45. The third kappa shape index (κ3) is 2.65. The van der Waals surface area contributed by atoms with E-state index in [4.69, 9.17) is 4.74 Å². The van der Waals surface area contributed by atoms with Crippen LogP contribution in [0, 0.1) is 11.3 Å². The molecule has 3 heteroatoms. The molecule has 2 aliphatic rings. The highest BCUT2D eigenvalue weighted by Gasteiger charge is 2.50. The van der Waals surface area contributed by atoms with Crippen molar-refractivity contribution in [2.45, 2.75) is 59.2 Å². The summed E-state index contributed by atoms with van der Waals surface area (Å²) in [5, 5.41) is 0. The summed E-state index contributed by atoms with van der Waals surface area (Å²) in [5.74, 6) is 0.447. The van der Waals surface area contributed by atoms with Crippen LogP contribution in [0.4, 0.5) is 0 Å². The van der Waals surface area contributed by atoms with Gasteiger partial charge in [0.2, 0.25) is 5.91 Å². The number of hydrogen-bond donors (Lipinski definition) is 0. The first kappa shape index (κ1) is 12.9. The maximum Gasteiger partial charge on any atom is 0.225 e. The average Bonchev–Trinajstić information content (AvgIpc) is 2.59. The maximum atomic E-state index is 11.9. The minimum atomic E-state index is 0.132. The van der Waals surface area contributed by atoms with E-state index in [0.29, 0.717) is 23.5 Å². The summed E-state index contributed by atoms with van der Waals surface area (Å²) in [4.78, 5) is 14.0. The van der Waals surface area contributed by atoms with Gasteiger partial charge in [-0.1, -0.05) is 13.8 Å². The fraction of sp³-hybridized carbons (Fsp3) is 0.929.